The van der Waals surface area contributed by atoms with E-state index in [-0.39, 0.29) is 11.6 Å². The van der Waals surface area contributed by atoms with E-state index in [0.29, 0.717) is 16.2 Å². The monoisotopic (exact) mass is 450 g/mol. The summed E-state index contributed by atoms with van der Waals surface area (Å²) in [6.45, 7) is 0. The van der Waals surface area contributed by atoms with Gasteiger partial charge in [0.25, 0.3) is 0 Å². The van der Waals surface area contributed by atoms with Crippen molar-refractivity contribution in [3.63, 3.8) is 0 Å². The summed E-state index contributed by atoms with van der Waals surface area (Å²) in [6.07, 6.45) is 0. The Morgan fingerprint density at radius 1 is 0.788 bits per heavy atom. The summed E-state index contributed by atoms with van der Waals surface area (Å²) in [5, 5.41) is 1.84. The summed E-state index contributed by atoms with van der Waals surface area (Å²) in [5.74, 6) is 5.07. The Balaban J connectivity index is 1.85. The number of hydrogen-bond acceptors (Lipinski definition) is 4. The highest BCUT2D eigenvalue weighted by Gasteiger charge is 2.36. The summed E-state index contributed by atoms with van der Waals surface area (Å²) >= 11 is 1.34. The molecule has 0 spiro atoms. The minimum Gasteiger partial charge on any atom is -0.497 e. The van der Waals surface area contributed by atoms with E-state index in [2.05, 4.69) is 11.8 Å². The van der Waals surface area contributed by atoms with E-state index in [9.17, 15) is 9.59 Å². The maximum atomic E-state index is 13.7. The molecule has 0 bridgehead atoms. The van der Waals surface area contributed by atoms with Crippen LogP contribution in [0.3, 0.4) is 0 Å². The number of Topliss-reactive ketones (excluding diaryl/α,β-unsaturated/α-hetero) is 2. The smallest absolute Gasteiger partial charge is 0.185 e. The molecule has 0 saturated heterocycles. The van der Waals surface area contributed by atoms with Crippen molar-refractivity contribution in [1.82, 2.24) is 0 Å². The van der Waals surface area contributed by atoms with Gasteiger partial charge in [0, 0.05) is 11.1 Å². The molecule has 0 aliphatic heterocycles. The van der Waals surface area contributed by atoms with E-state index in [1.165, 1.54) is 11.3 Å². The molecule has 0 N–H and O–H groups in total. The Morgan fingerprint density at radius 2 is 1.45 bits per heavy atom. The lowest BCUT2D eigenvalue weighted by molar-refractivity contribution is 0.0800. The topological polar surface area (TPSA) is 43.4 Å². The summed E-state index contributed by atoms with van der Waals surface area (Å²) in [6, 6.07) is 29.5. The van der Waals surface area contributed by atoms with E-state index in [4.69, 9.17) is 4.74 Å². The molecule has 4 aromatic rings. The van der Waals surface area contributed by atoms with E-state index in [1.807, 2.05) is 72.1 Å². The van der Waals surface area contributed by atoms with Crippen LogP contribution in [0.4, 0.5) is 0 Å². The summed E-state index contributed by atoms with van der Waals surface area (Å²) in [7, 11) is 1.60. The highest BCUT2D eigenvalue weighted by atomic mass is 32.1. The molecule has 1 heterocycles. The zero-order valence-electron chi connectivity index (χ0n) is 18.1. The zero-order chi connectivity index (χ0) is 23.0. The highest BCUT2D eigenvalue weighted by Crippen LogP contribution is 2.32. The number of hydrogen-bond donors (Lipinski definition) is 0. The molecule has 2 atom stereocenters. The summed E-state index contributed by atoms with van der Waals surface area (Å²) in [4.78, 5) is 27.9. The van der Waals surface area contributed by atoms with Crippen LogP contribution in [0.5, 0.6) is 5.75 Å². The normalized spacial score (nSPS) is 12.2. The molecule has 33 heavy (non-hydrogen) atoms. The molecule has 4 rings (SSSR count). The van der Waals surface area contributed by atoms with Gasteiger partial charge < -0.3 is 4.74 Å². The van der Waals surface area contributed by atoms with E-state index >= 15 is 0 Å². The molecular weight excluding hydrogens is 428 g/mol. The first-order valence-electron chi connectivity index (χ1n) is 10.5. The minimum absolute atomic E-state index is 0.220. The molecule has 0 fully saturated rings. The third-order valence-electron chi connectivity index (χ3n) is 5.34. The quantitative estimate of drug-likeness (QED) is 0.189. The Hall–Kier alpha value is -3.94. The predicted octanol–water partition coefficient (Wildman–Crippen LogP) is 6.27. The zero-order valence-corrected chi connectivity index (χ0v) is 18.9. The second kappa shape index (κ2) is 10.6. The molecule has 3 nitrogen and oxygen atoms in total. The Kier molecular flexibility index (Phi) is 7.14. The van der Waals surface area contributed by atoms with Crippen molar-refractivity contribution in [1.29, 1.82) is 0 Å². The molecule has 0 aliphatic rings. The van der Waals surface area contributed by atoms with Crippen molar-refractivity contribution in [2.24, 2.45) is 5.92 Å². The van der Waals surface area contributed by atoms with Crippen LogP contribution in [-0.2, 0) is 0 Å². The maximum Gasteiger partial charge on any atom is 0.185 e. The molecule has 3 aromatic carbocycles. The lowest BCUT2D eigenvalue weighted by Gasteiger charge is -2.22. The fraction of sp³-hybridized carbons (Fsp3) is 0.103. The number of carbonyl (C=O) groups is 2. The third-order valence-corrected chi connectivity index (χ3v) is 6.23. The summed E-state index contributed by atoms with van der Waals surface area (Å²) in [5.41, 5.74) is 2.11. The van der Waals surface area contributed by atoms with Crippen molar-refractivity contribution in [2.45, 2.75) is 5.92 Å². The van der Waals surface area contributed by atoms with Gasteiger partial charge in [-0.15, -0.1) is 11.3 Å². The number of ketones is 2. The van der Waals surface area contributed by atoms with Gasteiger partial charge in [-0.25, -0.2) is 0 Å². The molecule has 2 unspecified atom stereocenters. The molecular formula is C29H22O3S. The number of methoxy groups -OCH3 is 1. The molecule has 0 saturated carbocycles. The lowest BCUT2D eigenvalue weighted by atomic mass is 9.78. The van der Waals surface area contributed by atoms with Crippen LogP contribution in [0.15, 0.2) is 102 Å². The van der Waals surface area contributed by atoms with Gasteiger partial charge >= 0.3 is 0 Å². The number of ether oxygens (including phenoxy) is 1. The van der Waals surface area contributed by atoms with Gasteiger partial charge in [0.1, 0.15) is 11.7 Å². The van der Waals surface area contributed by atoms with Gasteiger partial charge in [0.15, 0.2) is 11.6 Å². The van der Waals surface area contributed by atoms with E-state index in [1.54, 1.807) is 37.4 Å². The highest BCUT2D eigenvalue weighted by molar-refractivity contribution is 7.12. The molecule has 0 aliphatic carbocycles. The van der Waals surface area contributed by atoms with Gasteiger partial charge in [0.05, 0.1) is 17.9 Å². The molecule has 4 heteroatoms. The SMILES string of the molecule is COc1ccc(C(C#Cc2ccccc2)C(C(=O)c2ccccc2)C(=O)c2cccs2)cc1. The standard InChI is InChI=1S/C29H22O3S/c1-32-24-17-15-22(16-18-24)25(19-14-21-9-4-2-5-10-21)27(29(31)26-13-8-20-33-26)28(30)23-11-6-3-7-12-23/h2-13,15-18,20,25,27H,1H3. The molecule has 162 valence electrons. The van der Waals surface area contributed by atoms with E-state index < -0.39 is 11.8 Å². The lowest BCUT2D eigenvalue weighted by Crippen LogP contribution is -2.30. The largest absolute Gasteiger partial charge is 0.497 e. The maximum absolute atomic E-state index is 13.7. The average Bonchev–Trinajstić information content (AvgIpc) is 3.42. The molecule has 0 amide bonds. The van der Waals surface area contributed by atoms with Gasteiger partial charge in [-0.2, -0.15) is 0 Å². The Bertz CT molecular complexity index is 1270. The van der Waals surface area contributed by atoms with Crippen molar-refractivity contribution >= 4 is 22.9 Å². The minimum atomic E-state index is -0.976. The van der Waals surface area contributed by atoms with Gasteiger partial charge in [0.2, 0.25) is 0 Å². The molecule has 0 radical (unpaired) electrons. The van der Waals surface area contributed by atoms with Gasteiger partial charge in [-0.05, 0) is 41.3 Å². The van der Waals surface area contributed by atoms with Crippen molar-refractivity contribution in [3.8, 4) is 17.6 Å². The molecule has 1 aromatic heterocycles. The van der Waals surface area contributed by atoms with Crippen LogP contribution in [0, 0.1) is 17.8 Å². The van der Waals surface area contributed by atoms with Crippen LogP contribution in [-0.4, -0.2) is 18.7 Å². The second-order valence-electron chi connectivity index (χ2n) is 7.44. The van der Waals surface area contributed by atoms with Gasteiger partial charge in [-0.3, -0.25) is 9.59 Å². The second-order valence-corrected chi connectivity index (χ2v) is 8.38. The third kappa shape index (κ3) is 5.28. The average molecular weight is 451 g/mol. The first-order chi connectivity index (χ1) is 16.2. The Morgan fingerprint density at radius 3 is 2.06 bits per heavy atom. The first-order valence-corrected chi connectivity index (χ1v) is 11.4. The Labute approximate surface area is 197 Å². The fourth-order valence-electron chi connectivity index (χ4n) is 3.63. The van der Waals surface area contributed by atoms with Crippen LogP contribution in [0.25, 0.3) is 0 Å². The van der Waals surface area contributed by atoms with Crippen LogP contribution in [0.2, 0.25) is 0 Å². The van der Waals surface area contributed by atoms with Crippen LogP contribution in [0.1, 0.15) is 37.1 Å². The van der Waals surface area contributed by atoms with E-state index in [0.717, 1.165) is 11.1 Å². The first kappa shape index (κ1) is 22.3. The van der Waals surface area contributed by atoms with Gasteiger partial charge in [-0.1, -0.05) is 78.6 Å². The number of carbonyl (C=O) groups excluding carboxylic acids is 2. The number of rotatable bonds is 7. The van der Waals surface area contributed by atoms with Crippen molar-refractivity contribution in [3.05, 3.63) is 124 Å². The summed E-state index contributed by atoms with van der Waals surface area (Å²) < 4.78 is 5.29. The van der Waals surface area contributed by atoms with Crippen molar-refractivity contribution in [2.75, 3.05) is 7.11 Å². The number of thiophene rings is 1. The predicted molar refractivity (Wildman–Crippen MR) is 132 cm³/mol. The van der Waals surface area contributed by atoms with Crippen molar-refractivity contribution < 1.29 is 14.3 Å². The van der Waals surface area contributed by atoms with Crippen LogP contribution >= 0.6 is 11.3 Å². The fourth-order valence-corrected chi connectivity index (χ4v) is 4.33. The van der Waals surface area contributed by atoms with Crippen LogP contribution < -0.4 is 4.74 Å². The number of benzene rings is 3.